The van der Waals surface area contributed by atoms with Crippen molar-refractivity contribution in [3.8, 4) is 0 Å². The molecular weight excluding hydrogens is 288 g/mol. The smallest absolute Gasteiger partial charge is 0.243 e. The van der Waals surface area contributed by atoms with Gasteiger partial charge in [0, 0.05) is 31.1 Å². The lowest BCUT2D eigenvalue weighted by Gasteiger charge is -2.32. The number of piperazine rings is 1. The normalized spacial score (nSPS) is 20.7. The summed E-state index contributed by atoms with van der Waals surface area (Å²) >= 11 is 0. The van der Waals surface area contributed by atoms with E-state index in [9.17, 15) is 13.5 Å². The van der Waals surface area contributed by atoms with Crippen molar-refractivity contribution in [1.82, 2.24) is 9.62 Å². The van der Waals surface area contributed by atoms with Crippen molar-refractivity contribution in [3.63, 3.8) is 0 Å². The molecule has 0 bridgehead atoms. The molecule has 0 amide bonds. The molecule has 0 radical (unpaired) electrons. The Labute approximate surface area is 124 Å². The van der Waals surface area contributed by atoms with Gasteiger partial charge >= 0.3 is 0 Å². The summed E-state index contributed by atoms with van der Waals surface area (Å²) in [5, 5.41) is 14.0. The highest BCUT2D eigenvalue weighted by Crippen LogP contribution is 2.26. The molecule has 1 fully saturated rings. The van der Waals surface area contributed by atoms with Gasteiger partial charge in [0.25, 0.3) is 0 Å². The SMILES string of the molecule is O=S(=O)(c1cccc2ccccc12)N1CCN[C@H](CO)C1. The summed E-state index contributed by atoms with van der Waals surface area (Å²) in [6.07, 6.45) is 0. The quantitative estimate of drug-likeness (QED) is 0.880. The molecule has 112 valence electrons. The molecule has 1 heterocycles. The van der Waals surface area contributed by atoms with E-state index in [1.165, 1.54) is 4.31 Å². The lowest BCUT2D eigenvalue weighted by molar-refractivity contribution is 0.195. The van der Waals surface area contributed by atoms with E-state index < -0.39 is 10.0 Å². The third-order valence-corrected chi connectivity index (χ3v) is 5.73. The second kappa shape index (κ2) is 5.73. The van der Waals surface area contributed by atoms with Crippen LogP contribution >= 0.6 is 0 Å². The number of sulfonamides is 1. The van der Waals surface area contributed by atoms with Gasteiger partial charge in [0.05, 0.1) is 11.5 Å². The van der Waals surface area contributed by atoms with Crippen LogP contribution in [0.4, 0.5) is 0 Å². The Morgan fingerprint density at radius 2 is 1.95 bits per heavy atom. The van der Waals surface area contributed by atoms with E-state index in [0.717, 1.165) is 10.8 Å². The molecule has 1 saturated heterocycles. The van der Waals surface area contributed by atoms with Crippen molar-refractivity contribution in [2.75, 3.05) is 26.2 Å². The number of nitrogens with one attached hydrogen (secondary N) is 1. The van der Waals surface area contributed by atoms with Gasteiger partial charge in [-0.2, -0.15) is 4.31 Å². The van der Waals surface area contributed by atoms with Crippen LogP contribution in [0.25, 0.3) is 10.8 Å². The first-order valence-corrected chi connectivity index (χ1v) is 8.39. The monoisotopic (exact) mass is 306 g/mol. The largest absolute Gasteiger partial charge is 0.395 e. The second-order valence-corrected chi connectivity index (χ2v) is 7.08. The van der Waals surface area contributed by atoms with E-state index in [4.69, 9.17) is 0 Å². The highest BCUT2D eigenvalue weighted by atomic mass is 32.2. The lowest BCUT2D eigenvalue weighted by atomic mass is 10.1. The Balaban J connectivity index is 2.04. The Bertz CT molecular complexity index is 740. The number of benzene rings is 2. The third kappa shape index (κ3) is 2.67. The molecule has 21 heavy (non-hydrogen) atoms. The van der Waals surface area contributed by atoms with Crippen molar-refractivity contribution in [3.05, 3.63) is 42.5 Å². The van der Waals surface area contributed by atoms with Gasteiger partial charge in [-0.3, -0.25) is 0 Å². The first-order chi connectivity index (χ1) is 10.1. The summed E-state index contributed by atoms with van der Waals surface area (Å²) in [7, 11) is -3.55. The standard InChI is InChI=1S/C15H18N2O3S/c18-11-13-10-17(9-8-16-13)21(19,20)15-7-3-5-12-4-1-2-6-14(12)15/h1-7,13,16,18H,8-11H2/t13-/m0/s1. The second-order valence-electron chi connectivity index (χ2n) is 5.17. The molecule has 0 saturated carbocycles. The number of rotatable bonds is 3. The molecule has 1 aliphatic heterocycles. The number of hydrogen-bond acceptors (Lipinski definition) is 4. The van der Waals surface area contributed by atoms with Gasteiger partial charge in [-0.25, -0.2) is 8.42 Å². The zero-order chi connectivity index (χ0) is 14.9. The Morgan fingerprint density at radius 1 is 1.19 bits per heavy atom. The van der Waals surface area contributed by atoms with Crippen LogP contribution in [0.1, 0.15) is 0 Å². The maximum atomic E-state index is 12.9. The maximum Gasteiger partial charge on any atom is 0.243 e. The minimum absolute atomic E-state index is 0.0679. The first kappa shape index (κ1) is 14.5. The molecule has 0 spiro atoms. The van der Waals surface area contributed by atoms with Crippen LogP contribution in [-0.4, -0.2) is 50.1 Å². The Hall–Kier alpha value is -1.47. The number of hydrogen-bond donors (Lipinski definition) is 2. The van der Waals surface area contributed by atoms with Crippen LogP contribution in [0.2, 0.25) is 0 Å². The van der Waals surface area contributed by atoms with Crippen molar-refractivity contribution in [2.45, 2.75) is 10.9 Å². The molecule has 2 N–H and O–H groups in total. The van der Waals surface area contributed by atoms with Crippen molar-refractivity contribution in [2.24, 2.45) is 0 Å². The Morgan fingerprint density at radius 3 is 2.76 bits per heavy atom. The summed E-state index contributed by atoms with van der Waals surface area (Å²) in [4.78, 5) is 0.333. The molecule has 0 aliphatic carbocycles. The molecule has 0 unspecified atom stereocenters. The highest BCUT2D eigenvalue weighted by molar-refractivity contribution is 7.89. The molecule has 1 atom stereocenters. The third-order valence-electron chi connectivity index (χ3n) is 3.81. The zero-order valence-corrected chi connectivity index (χ0v) is 12.4. The number of fused-ring (bicyclic) bond motifs is 1. The predicted molar refractivity (Wildman–Crippen MR) is 81.6 cm³/mol. The van der Waals surface area contributed by atoms with Gasteiger partial charge < -0.3 is 10.4 Å². The van der Waals surface area contributed by atoms with Crippen molar-refractivity contribution < 1.29 is 13.5 Å². The van der Waals surface area contributed by atoms with Crippen LogP contribution in [0.5, 0.6) is 0 Å². The summed E-state index contributed by atoms with van der Waals surface area (Å²) in [5.74, 6) is 0. The van der Waals surface area contributed by atoms with E-state index in [-0.39, 0.29) is 12.6 Å². The van der Waals surface area contributed by atoms with Crippen LogP contribution in [0.15, 0.2) is 47.4 Å². The molecular formula is C15H18N2O3S. The molecule has 5 nitrogen and oxygen atoms in total. The maximum absolute atomic E-state index is 12.9. The predicted octanol–water partition coefficient (Wildman–Crippen LogP) is 0.795. The molecule has 2 aromatic carbocycles. The highest BCUT2D eigenvalue weighted by Gasteiger charge is 2.30. The van der Waals surface area contributed by atoms with Crippen molar-refractivity contribution in [1.29, 1.82) is 0 Å². The minimum Gasteiger partial charge on any atom is -0.395 e. The van der Waals surface area contributed by atoms with Gasteiger partial charge in [0.15, 0.2) is 0 Å². The van der Waals surface area contributed by atoms with E-state index in [1.807, 2.05) is 30.3 Å². The minimum atomic E-state index is -3.55. The fourth-order valence-corrected chi connectivity index (χ4v) is 4.40. The lowest BCUT2D eigenvalue weighted by Crippen LogP contribution is -2.53. The summed E-state index contributed by atoms with van der Waals surface area (Å²) in [6.45, 7) is 1.20. The van der Waals surface area contributed by atoms with Crippen LogP contribution in [-0.2, 0) is 10.0 Å². The molecule has 1 aliphatic rings. The van der Waals surface area contributed by atoms with E-state index in [2.05, 4.69) is 5.32 Å². The van der Waals surface area contributed by atoms with Gasteiger partial charge in [0.1, 0.15) is 0 Å². The van der Waals surface area contributed by atoms with Crippen LogP contribution in [0, 0.1) is 0 Å². The van der Waals surface area contributed by atoms with Gasteiger partial charge in [0.2, 0.25) is 10.0 Å². The Kier molecular flexibility index (Phi) is 3.95. The molecule has 2 aromatic rings. The van der Waals surface area contributed by atoms with E-state index in [1.54, 1.807) is 12.1 Å². The average Bonchev–Trinajstić information content (AvgIpc) is 2.54. The fraction of sp³-hybridized carbons (Fsp3) is 0.333. The van der Waals surface area contributed by atoms with Gasteiger partial charge in [-0.05, 0) is 11.5 Å². The number of aliphatic hydroxyl groups is 1. The van der Waals surface area contributed by atoms with Crippen LogP contribution in [0.3, 0.4) is 0 Å². The van der Waals surface area contributed by atoms with E-state index in [0.29, 0.717) is 24.5 Å². The van der Waals surface area contributed by atoms with Gasteiger partial charge in [-0.1, -0.05) is 36.4 Å². The molecule has 3 rings (SSSR count). The fourth-order valence-electron chi connectivity index (χ4n) is 2.70. The topological polar surface area (TPSA) is 69.6 Å². The van der Waals surface area contributed by atoms with E-state index >= 15 is 0 Å². The zero-order valence-electron chi connectivity index (χ0n) is 11.6. The first-order valence-electron chi connectivity index (χ1n) is 6.95. The average molecular weight is 306 g/mol. The van der Waals surface area contributed by atoms with Gasteiger partial charge in [-0.15, -0.1) is 0 Å². The summed E-state index contributed by atoms with van der Waals surface area (Å²) < 4.78 is 27.2. The number of aliphatic hydroxyl groups excluding tert-OH is 1. The molecule has 6 heteroatoms. The van der Waals surface area contributed by atoms with Crippen LogP contribution < -0.4 is 5.32 Å². The van der Waals surface area contributed by atoms with Crippen molar-refractivity contribution >= 4 is 20.8 Å². The summed E-state index contributed by atoms with van der Waals surface area (Å²) in [5.41, 5.74) is 0. The molecule has 0 aromatic heterocycles. The number of nitrogens with zero attached hydrogens (tertiary/aromatic N) is 1. The summed E-state index contributed by atoms with van der Waals surface area (Å²) in [6, 6.07) is 12.6.